The molecule has 0 bridgehead atoms. The van der Waals surface area contributed by atoms with E-state index < -0.39 is 0 Å². The molecule has 0 saturated heterocycles. The van der Waals surface area contributed by atoms with Crippen molar-refractivity contribution in [1.29, 1.82) is 0 Å². The van der Waals surface area contributed by atoms with Crippen LogP contribution in [0.3, 0.4) is 0 Å². The molecule has 0 saturated carbocycles. The summed E-state index contributed by atoms with van der Waals surface area (Å²) in [6, 6.07) is 0.173. The quantitative estimate of drug-likeness (QED) is 0.402. The van der Waals surface area contributed by atoms with Gasteiger partial charge in [-0.05, 0) is 12.8 Å². The molecule has 0 aliphatic heterocycles. The predicted octanol–water partition coefficient (Wildman–Crippen LogP) is 0.891. The van der Waals surface area contributed by atoms with Crippen molar-refractivity contribution in [3.8, 4) is 0 Å². The third-order valence-corrected chi connectivity index (χ3v) is 1.99. The van der Waals surface area contributed by atoms with Crippen LogP contribution in [0.4, 0.5) is 0 Å². The first-order valence-corrected chi connectivity index (χ1v) is 4.33. The minimum atomic E-state index is 0.173. The second kappa shape index (κ2) is 4.79. The van der Waals surface area contributed by atoms with E-state index in [0.29, 0.717) is 0 Å². The molecule has 1 aromatic rings. The molecule has 4 heteroatoms. The lowest BCUT2D eigenvalue weighted by Gasteiger charge is -2.11. The first-order chi connectivity index (χ1) is 6.27. The van der Waals surface area contributed by atoms with Crippen LogP contribution in [0.5, 0.6) is 0 Å². The van der Waals surface area contributed by atoms with E-state index in [9.17, 15) is 0 Å². The molecular formula is C9H16N4. The van der Waals surface area contributed by atoms with E-state index in [-0.39, 0.29) is 6.04 Å². The van der Waals surface area contributed by atoms with Gasteiger partial charge in [0.1, 0.15) is 0 Å². The van der Waals surface area contributed by atoms with Crippen LogP contribution >= 0.6 is 0 Å². The number of aryl methyl sites for hydroxylation is 1. The topological polar surface area (TPSA) is 55.9 Å². The van der Waals surface area contributed by atoms with Crippen molar-refractivity contribution in [2.45, 2.75) is 18.9 Å². The highest BCUT2D eigenvalue weighted by atomic mass is 15.3. The van der Waals surface area contributed by atoms with E-state index >= 15 is 0 Å². The number of rotatable bonds is 5. The van der Waals surface area contributed by atoms with Gasteiger partial charge in [-0.3, -0.25) is 16.0 Å². The molecule has 4 nitrogen and oxygen atoms in total. The first kappa shape index (κ1) is 9.95. The second-order valence-corrected chi connectivity index (χ2v) is 3.03. The third-order valence-electron chi connectivity index (χ3n) is 1.99. The fraction of sp³-hybridized carbons (Fsp3) is 0.444. The van der Waals surface area contributed by atoms with Crippen molar-refractivity contribution >= 4 is 0 Å². The van der Waals surface area contributed by atoms with Crippen molar-refractivity contribution < 1.29 is 0 Å². The van der Waals surface area contributed by atoms with Crippen molar-refractivity contribution in [2.24, 2.45) is 12.9 Å². The number of allylic oxidation sites excluding steroid dienone is 1. The molecule has 13 heavy (non-hydrogen) atoms. The lowest BCUT2D eigenvalue weighted by molar-refractivity contribution is 0.520. The SMILES string of the molecule is C=CCCC(NN)c1cnn(C)c1. The molecule has 0 fully saturated rings. The summed E-state index contributed by atoms with van der Waals surface area (Å²) in [6.45, 7) is 3.68. The van der Waals surface area contributed by atoms with Crippen molar-refractivity contribution in [1.82, 2.24) is 15.2 Å². The van der Waals surface area contributed by atoms with Crippen LogP contribution in [-0.2, 0) is 7.05 Å². The largest absolute Gasteiger partial charge is 0.275 e. The van der Waals surface area contributed by atoms with Crippen LogP contribution < -0.4 is 11.3 Å². The van der Waals surface area contributed by atoms with Gasteiger partial charge in [0.15, 0.2) is 0 Å². The molecule has 3 N–H and O–H groups in total. The monoisotopic (exact) mass is 180 g/mol. The number of nitrogens with two attached hydrogens (primary N) is 1. The van der Waals surface area contributed by atoms with Crippen LogP contribution in [0.15, 0.2) is 25.0 Å². The Hall–Kier alpha value is -1.13. The Morgan fingerprint density at radius 1 is 1.85 bits per heavy atom. The minimum absolute atomic E-state index is 0.173. The number of nitrogens with one attached hydrogen (secondary N) is 1. The van der Waals surface area contributed by atoms with Gasteiger partial charge in [0.2, 0.25) is 0 Å². The summed E-state index contributed by atoms with van der Waals surface area (Å²) in [5.41, 5.74) is 3.88. The smallest absolute Gasteiger partial charge is 0.0538 e. The van der Waals surface area contributed by atoms with Crippen LogP contribution in [0.2, 0.25) is 0 Å². The molecule has 1 unspecified atom stereocenters. The van der Waals surface area contributed by atoms with Gasteiger partial charge >= 0.3 is 0 Å². The van der Waals surface area contributed by atoms with E-state index in [1.807, 2.05) is 25.5 Å². The fourth-order valence-corrected chi connectivity index (χ4v) is 1.25. The van der Waals surface area contributed by atoms with E-state index in [2.05, 4.69) is 17.1 Å². The third kappa shape index (κ3) is 2.68. The average Bonchev–Trinajstić information content (AvgIpc) is 2.54. The summed E-state index contributed by atoms with van der Waals surface area (Å²) in [6.07, 6.45) is 7.58. The van der Waals surface area contributed by atoms with Crippen molar-refractivity contribution in [3.63, 3.8) is 0 Å². The molecule has 0 aromatic carbocycles. The Morgan fingerprint density at radius 3 is 3.08 bits per heavy atom. The summed E-state index contributed by atoms with van der Waals surface area (Å²) in [5.74, 6) is 5.43. The number of nitrogens with zero attached hydrogens (tertiary/aromatic N) is 2. The molecule has 0 spiro atoms. The molecule has 72 valence electrons. The normalized spacial score (nSPS) is 12.8. The van der Waals surface area contributed by atoms with Crippen LogP contribution in [0.1, 0.15) is 24.4 Å². The first-order valence-electron chi connectivity index (χ1n) is 4.33. The molecule has 1 aromatic heterocycles. The van der Waals surface area contributed by atoms with Crippen LogP contribution in [0, 0.1) is 0 Å². The number of hydrogen-bond donors (Lipinski definition) is 2. The number of hydrazine groups is 1. The average molecular weight is 180 g/mol. The Kier molecular flexibility index (Phi) is 3.67. The van der Waals surface area contributed by atoms with Crippen LogP contribution in [-0.4, -0.2) is 9.78 Å². The maximum Gasteiger partial charge on any atom is 0.0538 e. The zero-order valence-electron chi connectivity index (χ0n) is 7.90. The molecule has 0 radical (unpaired) electrons. The summed E-state index contributed by atoms with van der Waals surface area (Å²) in [4.78, 5) is 0. The predicted molar refractivity (Wildman–Crippen MR) is 52.7 cm³/mol. The highest BCUT2D eigenvalue weighted by Gasteiger charge is 2.09. The highest BCUT2D eigenvalue weighted by Crippen LogP contribution is 2.16. The van der Waals surface area contributed by atoms with Gasteiger partial charge in [0.25, 0.3) is 0 Å². The lowest BCUT2D eigenvalue weighted by atomic mass is 10.1. The van der Waals surface area contributed by atoms with Gasteiger partial charge in [-0.25, -0.2) is 0 Å². The fourth-order valence-electron chi connectivity index (χ4n) is 1.25. The lowest BCUT2D eigenvalue weighted by Crippen LogP contribution is -2.27. The summed E-state index contributed by atoms with van der Waals surface area (Å²) >= 11 is 0. The maximum atomic E-state index is 5.43. The van der Waals surface area contributed by atoms with Crippen LogP contribution in [0.25, 0.3) is 0 Å². The Morgan fingerprint density at radius 2 is 2.62 bits per heavy atom. The Balaban J connectivity index is 2.60. The maximum absolute atomic E-state index is 5.43. The standard InChI is InChI=1S/C9H16N4/c1-3-4-5-9(12-10)8-6-11-13(2)7-8/h3,6-7,9,12H,1,4-5,10H2,2H3. The van der Waals surface area contributed by atoms with E-state index in [0.717, 1.165) is 18.4 Å². The van der Waals surface area contributed by atoms with Gasteiger partial charge in [0, 0.05) is 24.8 Å². The molecule has 1 atom stereocenters. The Labute approximate surface area is 78.4 Å². The highest BCUT2D eigenvalue weighted by molar-refractivity contribution is 5.09. The molecule has 0 aliphatic carbocycles. The minimum Gasteiger partial charge on any atom is -0.275 e. The van der Waals surface area contributed by atoms with Crippen molar-refractivity contribution in [3.05, 3.63) is 30.6 Å². The molecule has 1 heterocycles. The second-order valence-electron chi connectivity index (χ2n) is 3.03. The molecule has 0 aliphatic rings. The van der Waals surface area contributed by atoms with Crippen molar-refractivity contribution in [2.75, 3.05) is 0 Å². The van der Waals surface area contributed by atoms with Gasteiger partial charge in [-0.15, -0.1) is 6.58 Å². The molecule has 1 rings (SSSR count). The van der Waals surface area contributed by atoms with Gasteiger partial charge < -0.3 is 0 Å². The number of hydrogen-bond acceptors (Lipinski definition) is 3. The molecule has 0 amide bonds. The van der Waals surface area contributed by atoms with E-state index in [1.54, 1.807) is 4.68 Å². The van der Waals surface area contributed by atoms with E-state index in [4.69, 9.17) is 5.84 Å². The zero-order chi connectivity index (χ0) is 9.68. The summed E-state index contributed by atoms with van der Waals surface area (Å²) in [7, 11) is 1.89. The zero-order valence-corrected chi connectivity index (χ0v) is 7.90. The molecular weight excluding hydrogens is 164 g/mol. The van der Waals surface area contributed by atoms with Gasteiger partial charge in [-0.2, -0.15) is 5.10 Å². The Bertz CT molecular complexity index is 266. The van der Waals surface area contributed by atoms with Gasteiger partial charge in [-0.1, -0.05) is 6.08 Å². The summed E-state index contributed by atoms with van der Waals surface area (Å²) in [5, 5.41) is 4.09. The van der Waals surface area contributed by atoms with E-state index in [1.165, 1.54) is 0 Å². The summed E-state index contributed by atoms with van der Waals surface area (Å²) < 4.78 is 1.77. The number of aromatic nitrogens is 2. The van der Waals surface area contributed by atoms with Gasteiger partial charge in [0.05, 0.1) is 6.20 Å².